The molecule has 1 nitrogen and oxygen atoms in total. The van der Waals surface area contributed by atoms with Crippen LogP contribution in [0.4, 0.5) is 0 Å². The summed E-state index contributed by atoms with van der Waals surface area (Å²) in [5, 5.41) is 0. The Morgan fingerprint density at radius 1 is 0.800 bits per heavy atom. The predicted molar refractivity (Wildman–Crippen MR) is 112 cm³/mol. The molecule has 0 saturated carbocycles. The standard InChI is InChI=1S/C23H27GeN/c1-17(2)18-11-13-19(14-12-18)21-15-23(20-9-7-6-8-10-20)25-16-22(21)24(3,4)5/h6-17H,1-5H3. The zero-order valence-electron chi connectivity index (χ0n) is 15.9. The molecule has 3 rings (SSSR count). The second-order valence-corrected chi connectivity index (χ2v) is 18.6. The third-order valence-corrected chi connectivity index (χ3v) is 8.90. The van der Waals surface area contributed by atoms with Crippen molar-refractivity contribution in [1.82, 2.24) is 4.98 Å². The van der Waals surface area contributed by atoms with E-state index in [-0.39, 0.29) is 0 Å². The Balaban J connectivity index is 2.14. The molecule has 0 radical (unpaired) electrons. The number of nitrogens with zero attached hydrogens (tertiary/aromatic N) is 1. The van der Waals surface area contributed by atoms with E-state index in [1.54, 1.807) is 0 Å². The molecule has 0 fully saturated rings. The van der Waals surface area contributed by atoms with E-state index in [9.17, 15) is 0 Å². The molecule has 0 bridgehead atoms. The summed E-state index contributed by atoms with van der Waals surface area (Å²) in [4.78, 5) is 4.79. The van der Waals surface area contributed by atoms with Gasteiger partial charge in [0, 0.05) is 0 Å². The monoisotopic (exact) mass is 391 g/mol. The number of rotatable bonds is 4. The van der Waals surface area contributed by atoms with Gasteiger partial charge in [-0.05, 0) is 0 Å². The molecule has 2 aromatic carbocycles. The molecule has 0 atom stereocenters. The van der Waals surface area contributed by atoms with E-state index < -0.39 is 13.3 Å². The molecule has 2 heteroatoms. The van der Waals surface area contributed by atoms with Crippen LogP contribution in [0.25, 0.3) is 22.4 Å². The van der Waals surface area contributed by atoms with E-state index >= 15 is 0 Å². The summed E-state index contributed by atoms with van der Waals surface area (Å²) in [7, 11) is 0. The number of pyridine rings is 1. The quantitative estimate of drug-likeness (QED) is 0.492. The van der Waals surface area contributed by atoms with Crippen LogP contribution in [0.3, 0.4) is 0 Å². The Morgan fingerprint density at radius 3 is 2.00 bits per heavy atom. The van der Waals surface area contributed by atoms with Crippen molar-refractivity contribution < 1.29 is 0 Å². The molecule has 0 N–H and O–H groups in total. The van der Waals surface area contributed by atoms with Crippen LogP contribution in [0.2, 0.25) is 17.3 Å². The molecular weight excluding hydrogens is 363 g/mol. The summed E-state index contributed by atoms with van der Waals surface area (Å²) in [6, 6.07) is 21.8. The first kappa shape index (κ1) is 17.9. The number of hydrogen-bond acceptors (Lipinski definition) is 1. The molecule has 128 valence electrons. The molecule has 0 aliphatic heterocycles. The van der Waals surface area contributed by atoms with Crippen LogP contribution in [-0.4, -0.2) is 18.3 Å². The molecule has 0 aliphatic rings. The van der Waals surface area contributed by atoms with Gasteiger partial charge in [-0.1, -0.05) is 0 Å². The summed E-state index contributed by atoms with van der Waals surface area (Å²) < 4.78 is 1.47. The first-order valence-corrected chi connectivity index (χ1v) is 16.4. The first-order valence-electron chi connectivity index (χ1n) is 9.02. The molecule has 0 saturated heterocycles. The molecule has 3 aromatic rings. The molecule has 1 heterocycles. The second kappa shape index (κ2) is 7.17. The fourth-order valence-electron chi connectivity index (χ4n) is 3.11. The summed E-state index contributed by atoms with van der Waals surface area (Å²) in [6.07, 6.45) is 2.13. The second-order valence-electron chi connectivity index (χ2n) is 8.01. The van der Waals surface area contributed by atoms with Crippen LogP contribution in [0, 0.1) is 0 Å². The van der Waals surface area contributed by atoms with Gasteiger partial charge >= 0.3 is 154 Å². The summed E-state index contributed by atoms with van der Waals surface area (Å²) in [5.74, 6) is 7.87. The van der Waals surface area contributed by atoms with Crippen LogP contribution in [-0.2, 0) is 0 Å². The van der Waals surface area contributed by atoms with Crippen molar-refractivity contribution in [3.63, 3.8) is 0 Å². The van der Waals surface area contributed by atoms with E-state index in [0.717, 1.165) is 5.69 Å². The summed E-state index contributed by atoms with van der Waals surface area (Å²) in [6.45, 7) is 4.48. The van der Waals surface area contributed by atoms with E-state index in [1.807, 2.05) is 6.07 Å². The van der Waals surface area contributed by atoms with Gasteiger partial charge < -0.3 is 0 Å². The van der Waals surface area contributed by atoms with Gasteiger partial charge in [-0.25, -0.2) is 0 Å². The van der Waals surface area contributed by atoms with Gasteiger partial charge in [-0.2, -0.15) is 0 Å². The predicted octanol–water partition coefficient (Wildman–Crippen LogP) is 6.08. The SMILES string of the molecule is CC(C)c1ccc(-c2cc(-c3ccccc3)nc[c]2[Ge]([CH3])([CH3])[CH3])cc1. The van der Waals surface area contributed by atoms with Crippen molar-refractivity contribution in [2.24, 2.45) is 0 Å². The zero-order chi connectivity index (χ0) is 18.0. The van der Waals surface area contributed by atoms with Gasteiger partial charge in [0.2, 0.25) is 0 Å². The Morgan fingerprint density at radius 2 is 1.44 bits per heavy atom. The molecule has 0 unspecified atom stereocenters. The molecule has 0 spiro atoms. The van der Waals surface area contributed by atoms with Crippen molar-refractivity contribution in [1.29, 1.82) is 0 Å². The molecule has 1 aromatic heterocycles. The van der Waals surface area contributed by atoms with Crippen molar-refractivity contribution in [3.8, 4) is 22.4 Å². The number of aromatic nitrogens is 1. The first-order chi connectivity index (χ1) is 11.9. The summed E-state index contributed by atoms with van der Waals surface area (Å²) in [5.41, 5.74) is 6.28. The van der Waals surface area contributed by atoms with Gasteiger partial charge in [-0.15, -0.1) is 0 Å². The Labute approximate surface area is 154 Å². The van der Waals surface area contributed by atoms with E-state index in [2.05, 4.69) is 91.9 Å². The zero-order valence-corrected chi connectivity index (χ0v) is 18.0. The van der Waals surface area contributed by atoms with Gasteiger partial charge in [0.1, 0.15) is 0 Å². The van der Waals surface area contributed by atoms with E-state index in [0.29, 0.717) is 5.92 Å². The van der Waals surface area contributed by atoms with Crippen LogP contribution >= 0.6 is 0 Å². The molecule has 0 aliphatic carbocycles. The van der Waals surface area contributed by atoms with Crippen LogP contribution in [0.15, 0.2) is 66.9 Å². The van der Waals surface area contributed by atoms with Gasteiger partial charge in [-0.3, -0.25) is 0 Å². The number of benzene rings is 2. The maximum absolute atomic E-state index is 4.79. The van der Waals surface area contributed by atoms with Crippen molar-refractivity contribution in [2.75, 3.05) is 0 Å². The maximum atomic E-state index is 4.79. The minimum absolute atomic E-state index is 0.561. The molecular formula is C23H27GeN. The normalized spacial score (nSPS) is 11.8. The third-order valence-electron chi connectivity index (χ3n) is 4.67. The average Bonchev–Trinajstić information content (AvgIpc) is 2.61. The van der Waals surface area contributed by atoms with Gasteiger partial charge in [0.25, 0.3) is 0 Å². The van der Waals surface area contributed by atoms with E-state index in [4.69, 9.17) is 4.98 Å². The molecule has 25 heavy (non-hydrogen) atoms. The van der Waals surface area contributed by atoms with Crippen molar-refractivity contribution >= 4 is 17.7 Å². The van der Waals surface area contributed by atoms with Gasteiger partial charge in [0.15, 0.2) is 0 Å². The van der Waals surface area contributed by atoms with E-state index in [1.165, 1.54) is 26.6 Å². The minimum atomic E-state index is -2.02. The third kappa shape index (κ3) is 4.04. The van der Waals surface area contributed by atoms with Crippen LogP contribution in [0.1, 0.15) is 25.3 Å². The summed E-state index contributed by atoms with van der Waals surface area (Å²) >= 11 is -2.02. The fourth-order valence-corrected chi connectivity index (χ4v) is 6.20. The van der Waals surface area contributed by atoms with Crippen LogP contribution in [0.5, 0.6) is 0 Å². The molecule has 0 amide bonds. The Bertz CT molecular complexity index is 844. The van der Waals surface area contributed by atoms with Crippen LogP contribution < -0.4 is 4.40 Å². The Kier molecular flexibility index (Phi) is 5.14. The average molecular weight is 390 g/mol. The number of hydrogen-bond donors (Lipinski definition) is 0. The fraction of sp³-hybridized carbons (Fsp3) is 0.261. The Hall–Kier alpha value is -1.87. The van der Waals surface area contributed by atoms with Crippen molar-refractivity contribution in [3.05, 3.63) is 72.4 Å². The topological polar surface area (TPSA) is 12.9 Å². The van der Waals surface area contributed by atoms with Gasteiger partial charge in [0.05, 0.1) is 0 Å². The van der Waals surface area contributed by atoms with Crippen molar-refractivity contribution in [2.45, 2.75) is 37.0 Å².